The van der Waals surface area contributed by atoms with Crippen molar-refractivity contribution in [2.75, 3.05) is 38.6 Å². The van der Waals surface area contributed by atoms with Crippen LogP contribution >= 0.6 is 0 Å². The van der Waals surface area contributed by atoms with Crippen LogP contribution in [0.25, 0.3) is 11.0 Å². The highest BCUT2D eigenvalue weighted by Crippen LogP contribution is 2.36. The first kappa shape index (κ1) is 27.4. The molecule has 7 nitrogen and oxygen atoms in total. The van der Waals surface area contributed by atoms with Crippen molar-refractivity contribution in [3.05, 3.63) is 106 Å². The zero-order valence-electron chi connectivity index (χ0n) is 23.1. The second kappa shape index (κ2) is 11.2. The summed E-state index contributed by atoms with van der Waals surface area (Å²) in [6.07, 6.45) is 0. The Kier molecular flexibility index (Phi) is 7.66. The van der Waals surface area contributed by atoms with Gasteiger partial charge < -0.3 is 14.4 Å². The number of halogens is 2. The number of anilines is 1. The summed E-state index contributed by atoms with van der Waals surface area (Å²) >= 11 is 0. The topological polar surface area (TPSA) is 68.4 Å². The first-order chi connectivity index (χ1) is 19.2. The molecule has 3 heterocycles. The molecule has 2 aromatic carbocycles. The van der Waals surface area contributed by atoms with Crippen LogP contribution in [0.4, 0.5) is 14.5 Å². The normalized spacial score (nSPS) is 18.0. The van der Waals surface area contributed by atoms with Crippen molar-refractivity contribution in [2.45, 2.75) is 25.0 Å². The molecule has 2 aromatic heterocycles. The van der Waals surface area contributed by atoms with E-state index in [1.807, 2.05) is 14.1 Å². The fourth-order valence-electron chi connectivity index (χ4n) is 5.76. The smallest absolute Gasteiger partial charge is 0.252 e. The summed E-state index contributed by atoms with van der Waals surface area (Å²) in [5.41, 5.74) is 3.94. The summed E-state index contributed by atoms with van der Waals surface area (Å²) in [7, 11) is 5.73. The van der Waals surface area contributed by atoms with E-state index in [4.69, 9.17) is 0 Å². The highest BCUT2D eigenvalue weighted by atomic mass is 19.1. The fourth-order valence-corrected chi connectivity index (χ4v) is 5.76. The molecule has 1 saturated heterocycles. The molecule has 0 N–H and O–H groups in total. The van der Waals surface area contributed by atoms with E-state index in [0.717, 1.165) is 11.1 Å². The van der Waals surface area contributed by atoms with Crippen LogP contribution in [-0.4, -0.2) is 65.2 Å². The number of pyridine rings is 2. The van der Waals surface area contributed by atoms with Crippen LogP contribution < -0.4 is 10.5 Å². The van der Waals surface area contributed by atoms with Crippen molar-refractivity contribution in [1.82, 2.24) is 19.4 Å². The average Bonchev–Trinajstić information content (AvgIpc) is 2.93. The molecular weight excluding hydrogens is 510 g/mol. The molecule has 40 heavy (non-hydrogen) atoms. The lowest BCUT2D eigenvalue weighted by atomic mass is 9.92. The van der Waals surface area contributed by atoms with Gasteiger partial charge in [0.15, 0.2) is 0 Å². The molecule has 2 atom stereocenters. The Balaban J connectivity index is 1.61. The molecule has 0 unspecified atom stereocenters. The largest absolute Gasteiger partial charge is 0.364 e. The number of fused-ring (bicyclic) bond motifs is 1. The van der Waals surface area contributed by atoms with Crippen LogP contribution in [-0.2, 0) is 7.05 Å². The number of likely N-dealkylation sites (N-methyl/N-ethyl adjacent to an activating group) is 1. The lowest BCUT2D eigenvalue weighted by molar-refractivity contribution is 0.0982. The molecule has 1 aliphatic heterocycles. The number of aromatic nitrogens is 2. The van der Waals surface area contributed by atoms with Crippen LogP contribution in [0.2, 0.25) is 0 Å². The van der Waals surface area contributed by atoms with Crippen LogP contribution in [0, 0.1) is 23.0 Å². The molecule has 0 radical (unpaired) electrons. The molecule has 206 valence electrons. The number of benzene rings is 2. The third-order valence-corrected chi connectivity index (χ3v) is 7.66. The zero-order chi connectivity index (χ0) is 28.6. The van der Waals surface area contributed by atoms with Gasteiger partial charge in [-0.25, -0.2) is 13.8 Å². The maximum Gasteiger partial charge on any atom is 0.252 e. The molecule has 0 bridgehead atoms. The van der Waals surface area contributed by atoms with Gasteiger partial charge in [0.2, 0.25) is 0 Å². The van der Waals surface area contributed by atoms with Gasteiger partial charge in [-0.15, -0.1) is 0 Å². The molecule has 0 spiro atoms. The summed E-state index contributed by atoms with van der Waals surface area (Å²) in [6, 6.07) is 19.8. The molecule has 9 heteroatoms. The van der Waals surface area contributed by atoms with Gasteiger partial charge in [-0.05, 0) is 68.5 Å². The average molecular weight is 543 g/mol. The second-order valence-electron chi connectivity index (χ2n) is 10.7. The molecule has 0 aliphatic carbocycles. The van der Waals surface area contributed by atoms with E-state index in [1.165, 1.54) is 24.3 Å². The number of rotatable bonds is 6. The van der Waals surface area contributed by atoms with Gasteiger partial charge in [0.05, 0.1) is 17.2 Å². The third-order valence-electron chi connectivity index (χ3n) is 7.66. The summed E-state index contributed by atoms with van der Waals surface area (Å²) in [6.45, 7) is 4.01. The number of nitrogens with zero attached hydrogens (tertiary/aromatic N) is 6. The maximum absolute atomic E-state index is 13.9. The Morgan fingerprint density at radius 2 is 1.60 bits per heavy atom. The fraction of sp³-hybridized carbons (Fsp3) is 0.323. The van der Waals surface area contributed by atoms with Crippen molar-refractivity contribution >= 4 is 16.7 Å². The van der Waals surface area contributed by atoms with Gasteiger partial charge >= 0.3 is 0 Å². The number of aryl methyl sites for hydroxylation is 1. The Morgan fingerprint density at radius 3 is 2.15 bits per heavy atom. The SMILES string of the molecule is C[C@H]1CN(C(c2ccc(F)cc2)c2ccc(F)cc2)[C@H](CN(C)C)CN1c1cc(=O)n(C)c2ccc(C#N)nc12. The quantitative estimate of drug-likeness (QED) is 0.362. The highest BCUT2D eigenvalue weighted by molar-refractivity contribution is 5.89. The third kappa shape index (κ3) is 5.33. The summed E-state index contributed by atoms with van der Waals surface area (Å²) < 4.78 is 29.4. The first-order valence-electron chi connectivity index (χ1n) is 13.2. The van der Waals surface area contributed by atoms with E-state index in [9.17, 15) is 18.8 Å². The summed E-state index contributed by atoms with van der Waals surface area (Å²) in [4.78, 5) is 24.3. The Morgan fingerprint density at radius 1 is 1.00 bits per heavy atom. The second-order valence-corrected chi connectivity index (χ2v) is 10.7. The standard InChI is InChI=1S/C31H32F2N6O/c1-20-17-39(31(21-5-9-23(32)10-6-21)22-7-11-24(33)12-8-22)26(18-36(2)3)19-38(20)28-15-29(40)37(4)27-14-13-25(16-34)35-30(27)28/h5-15,20,26,31H,17-19H2,1-4H3/t20-,26+/m0/s1. The number of piperazine rings is 1. The van der Waals surface area contributed by atoms with Gasteiger partial charge in [-0.3, -0.25) is 9.69 Å². The molecule has 5 rings (SSSR count). The van der Waals surface area contributed by atoms with Crippen molar-refractivity contribution in [3.8, 4) is 6.07 Å². The Hall–Kier alpha value is -4.13. The molecule has 1 aliphatic rings. The minimum atomic E-state index is -0.314. The number of hydrogen-bond donors (Lipinski definition) is 0. The predicted octanol–water partition coefficient (Wildman–Crippen LogP) is 4.31. The summed E-state index contributed by atoms with van der Waals surface area (Å²) in [5.74, 6) is -0.627. The number of nitriles is 1. The van der Waals surface area contributed by atoms with Crippen LogP contribution in [0.3, 0.4) is 0 Å². The molecular formula is C31H32F2N6O. The van der Waals surface area contributed by atoms with Gasteiger partial charge in [0.1, 0.15) is 28.9 Å². The first-order valence-corrected chi connectivity index (χ1v) is 13.2. The van der Waals surface area contributed by atoms with E-state index in [2.05, 4.69) is 32.7 Å². The lowest BCUT2D eigenvalue weighted by Crippen LogP contribution is -2.61. The predicted molar refractivity (Wildman–Crippen MR) is 152 cm³/mol. The van der Waals surface area contributed by atoms with Crippen molar-refractivity contribution in [1.29, 1.82) is 5.26 Å². The molecule has 0 amide bonds. The lowest BCUT2D eigenvalue weighted by Gasteiger charge is -2.50. The van der Waals surface area contributed by atoms with Gasteiger partial charge in [-0.2, -0.15) is 5.26 Å². The minimum Gasteiger partial charge on any atom is -0.364 e. The monoisotopic (exact) mass is 542 g/mol. The van der Waals surface area contributed by atoms with E-state index >= 15 is 0 Å². The Labute approximate surface area is 232 Å². The van der Waals surface area contributed by atoms with Crippen molar-refractivity contribution in [3.63, 3.8) is 0 Å². The van der Waals surface area contributed by atoms with Gasteiger partial charge in [0.25, 0.3) is 5.56 Å². The highest BCUT2D eigenvalue weighted by Gasteiger charge is 2.38. The van der Waals surface area contributed by atoms with Gasteiger partial charge in [-0.1, -0.05) is 24.3 Å². The van der Waals surface area contributed by atoms with Crippen LogP contribution in [0.15, 0.2) is 71.5 Å². The molecule has 4 aromatic rings. The molecule has 1 fully saturated rings. The maximum atomic E-state index is 13.9. The minimum absolute atomic E-state index is 0.00966. The van der Waals surface area contributed by atoms with Crippen molar-refractivity contribution < 1.29 is 8.78 Å². The summed E-state index contributed by atoms with van der Waals surface area (Å²) in [5, 5.41) is 9.51. The van der Waals surface area contributed by atoms with Crippen LogP contribution in [0.1, 0.15) is 29.8 Å². The number of hydrogen-bond acceptors (Lipinski definition) is 6. The van der Waals surface area contributed by atoms with E-state index in [0.29, 0.717) is 36.4 Å². The van der Waals surface area contributed by atoms with Crippen molar-refractivity contribution in [2.24, 2.45) is 7.05 Å². The van der Waals surface area contributed by atoms with Crippen LogP contribution in [0.5, 0.6) is 0 Å². The molecule has 0 saturated carbocycles. The van der Waals surface area contributed by atoms with Gasteiger partial charge in [0, 0.05) is 44.8 Å². The zero-order valence-corrected chi connectivity index (χ0v) is 23.1. The Bertz CT molecular complexity index is 1570. The van der Waals surface area contributed by atoms with E-state index < -0.39 is 0 Å². The van der Waals surface area contributed by atoms with E-state index in [-0.39, 0.29) is 41.0 Å². The van der Waals surface area contributed by atoms with E-state index in [1.54, 1.807) is 54.1 Å².